The molecule has 228 valence electrons. The van der Waals surface area contributed by atoms with Crippen molar-refractivity contribution < 1.29 is 19.7 Å². The Hall–Kier alpha value is -4.07. The van der Waals surface area contributed by atoms with Crippen molar-refractivity contribution in [2.75, 3.05) is 13.2 Å². The van der Waals surface area contributed by atoms with Crippen LogP contribution in [0, 0.1) is 0 Å². The summed E-state index contributed by atoms with van der Waals surface area (Å²) in [4.78, 5) is 4.54. The lowest BCUT2D eigenvalue weighted by molar-refractivity contribution is 0.199. The van der Waals surface area contributed by atoms with E-state index in [-0.39, 0.29) is 24.0 Å². The summed E-state index contributed by atoms with van der Waals surface area (Å²) in [5.41, 5.74) is 3.91. The van der Waals surface area contributed by atoms with E-state index in [4.69, 9.17) is 4.43 Å². The molecule has 1 aromatic heterocycles. The summed E-state index contributed by atoms with van der Waals surface area (Å²) in [7, 11) is -2.81. The largest absolute Gasteiger partial charge is 0.508 e. The van der Waals surface area contributed by atoms with Crippen molar-refractivity contribution in [1.29, 1.82) is 0 Å². The Morgan fingerprint density at radius 1 is 0.886 bits per heavy atom. The Kier molecular flexibility index (Phi) is 11.3. The van der Waals surface area contributed by atoms with Crippen LogP contribution in [0.5, 0.6) is 5.75 Å². The maximum absolute atomic E-state index is 11.5. The second kappa shape index (κ2) is 15.1. The molecule has 6 heteroatoms. The number of aromatic nitrogens is 1. The third-order valence-corrected chi connectivity index (χ3v) is 12.9. The number of nitrogens with zero attached hydrogens (tertiary/aromatic N) is 1. The van der Waals surface area contributed by atoms with Crippen LogP contribution < -0.4 is 10.4 Å². The van der Waals surface area contributed by atoms with Crippen molar-refractivity contribution in [2.45, 2.75) is 44.8 Å². The van der Waals surface area contributed by atoms with E-state index in [1.54, 1.807) is 24.4 Å². The minimum absolute atomic E-state index is 0.202. The van der Waals surface area contributed by atoms with E-state index < -0.39 is 14.4 Å². The van der Waals surface area contributed by atoms with Gasteiger partial charge in [0.1, 0.15) is 5.75 Å². The number of hydrogen-bond donors (Lipinski definition) is 3. The minimum Gasteiger partial charge on any atom is -0.508 e. The number of aromatic hydroxyl groups is 1. The molecule has 0 aliphatic rings. The number of phenols is 1. The fraction of sp³-hybridized carbons (Fsp3) is 0.237. The van der Waals surface area contributed by atoms with Crippen molar-refractivity contribution in [3.05, 3.63) is 144 Å². The van der Waals surface area contributed by atoms with Gasteiger partial charge >= 0.3 is 0 Å². The van der Waals surface area contributed by atoms with Crippen LogP contribution in [0.2, 0.25) is 5.04 Å². The lowest BCUT2D eigenvalue weighted by Gasteiger charge is -2.43. The first-order valence-corrected chi connectivity index (χ1v) is 16.9. The molecule has 0 bridgehead atoms. The van der Waals surface area contributed by atoms with Gasteiger partial charge in [0, 0.05) is 6.20 Å². The van der Waals surface area contributed by atoms with Gasteiger partial charge in [-0.25, -0.2) is 0 Å². The average molecular weight is 606 g/mol. The van der Waals surface area contributed by atoms with Gasteiger partial charge < -0.3 is 19.7 Å². The lowest BCUT2D eigenvalue weighted by Crippen LogP contribution is -2.66. The molecule has 4 rings (SSSR count). The highest BCUT2D eigenvalue weighted by atomic mass is 28.4. The summed E-state index contributed by atoms with van der Waals surface area (Å²) in [5.74, 6) is 0.203. The molecule has 0 amide bonds. The van der Waals surface area contributed by atoms with Gasteiger partial charge in [0.15, 0.2) is 0 Å². The molecule has 0 saturated heterocycles. The fourth-order valence-electron chi connectivity index (χ4n) is 5.70. The SMILES string of the molecule is C=C(CO[Si](c1ccccc1)(c1ccccc1)C(C)(C)C)/C(=C/CO)C(O)CC/C(=C/c1ccc(O)cc1)c1ccccn1. The number of pyridine rings is 1. The van der Waals surface area contributed by atoms with Crippen molar-refractivity contribution in [1.82, 2.24) is 4.98 Å². The summed E-state index contributed by atoms with van der Waals surface area (Å²) in [6.45, 7) is 11.0. The number of hydrogen-bond acceptors (Lipinski definition) is 5. The Bertz CT molecular complexity index is 1500. The Morgan fingerprint density at radius 2 is 1.48 bits per heavy atom. The summed E-state index contributed by atoms with van der Waals surface area (Å²) in [6.07, 6.45) is 5.45. The van der Waals surface area contributed by atoms with Crippen LogP contribution in [0.4, 0.5) is 0 Å². The first-order valence-electron chi connectivity index (χ1n) is 15.0. The maximum atomic E-state index is 11.5. The number of benzene rings is 3. The molecule has 0 aliphatic heterocycles. The van der Waals surface area contributed by atoms with Gasteiger partial charge in [0.2, 0.25) is 0 Å². The second-order valence-electron chi connectivity index (χ2n) is 11.9. The van der Waals surface area contributed by atoms with Crippen molar-refractivity contribution in [3.8, 4) is 5.75 Å². The molecule has 4 aromatic rings. The molecule has 0 fully saturated rings. The molecular weight excluding hydrogens is 563 g/mol. The van der Waals surface area contributed by atoms with Gasteiger partial charge in [-0.05, 0) is 80.9 Å². The molecule has 0 aliphatic carbocycles. The second-order valence-corrected chi connectivity index (χ2v) is 16.2. The topological polar surface area (TPSA) is 82.8 Å². The Morgan fingerprint density at radius 3 is 2.00 bits per heavy atom. The number of phenolic OH excluding ortho intramolecular Hbond substituents is 1. The maximum Gasteiger partial charge on any atom is 0.261 e. The third-order valence-electron chi connectivity index (χ3n) is 7.87. The van der Waals surface area contributed by atoms with Crippen molar-refractivity contribution >= 4 is 30.3 Å². The molecule has 0 spiro atoms. The van der Waals surface area contributed by atoms with Crippen LogP contribution in [0.3, 0.4) is 0 Å². The molecule has 5 nitrogen and oxygen atoms in total. The van der Waals surface area contributed by atoms with Crippen LogP contribution in [0.25, 0.3) is 11.6 Å². The van der Waals surface area contributed by atoms with E-state index >= 15 is 0 Å². The smallest absolute Gasteiger partial charge is 0.261 e. The van der Waals surface area contributed by atoms with Crippen LogP contribution in [0.1, 0.15) is 44.9 Å². The van der Waals surface area contributed by atoms with Gasteiger partial charge in [-0.1, -0.05) is 112 Å². The molecule has 1 unspecified atom stereocenters. The molecule has 0 saturated carbocycles. The van der Waals surface area contributed by atoms with E-state index in [1.165, 1.54) is 10.4 Å². The zero-order valence-electron chi connectivity index (χ0n) is 25.9. The van der Waals surface area contributed by atoms with E-state index in [1.807, 2.05) is 48.5 Å². The van der Waals surface area contributed by atoms with Gasteiger partial charge in [-0.2, -0.15) is 0 Å². The summed E-state index contributed by atoms with van der Waals surface area (Å²) in [5, 5.41) is 33.2. The predicted octanol–water partition coefficient (Wildman–Crippen LogP) is 6.52. The van der Waals surface area contributed by atoms with E-state index in [0.29, 0.717) is 24.0 Å². The highest BCUT2D eigenvalue weighted by Gasteiger charge is 2.50. The number of aliphatic hydroxyl groups is 2. The lowest BCUT2D eigenvalue weighted by atomic mass is 9.94. The first kappa shape index (κ1) is 32.8. The Labute approximate surface area is 262 Å². The quantitative estimate of drug-likeness (QED) is 0.119. The molecule has 3 aromatic carbocycles. The fourth-order valence-corrected chi connectivity index (χ4v) is 10.2. The van der Waals surface area contributed by atoms with Gasteiger partial charge in [-0.3, -0.25) is 4.98 Å². The third kappa shape index (κ3) is 7.90. The predicted molar refractivity (Wildman–Crippen MR) is 183 cm³/mol. The first-order chi connectivity index (χ1) is 21.2. The molecule has 44 heavy (non-hydrogen) atoms. The highest BCUT2D eigenvalue weighted by molar-refractivity contribution is 6.99. The van der Waals surface area contributed by atoms with Gasteiger partial charge in [0.05, 0.1) is 25.0 Å². The average Bonchev–Trinajstić information content (AvgIpc) is 3.03. The number of aliphatic hydroxyl groups excluding tert-OH is 2. The zero-order valence-corrected chi connectivity index (χ0v) is 26.9. The summed E-state index contributed by atoms with van der Waals surface area (Å²) >= 11 is 0. The normalized spacial score (nSPS) is 13.5. The highest BCUT2D eigenvalue weighted by Crippen LogP contribution is 2.37. The van der Waals surface area contributed by atoms with Crippen LogP contribution >= 0.6 is 0 Å². The van der Waals surface area contributed by atoms with Crippen molar-refractivity contribution in [3.63, 3.8) is 0 Å². The monoisotopic (exact) mass is 605 g/mol. The van der Waals surface area contributed by atoms with Crippen LogP contribution in [-0.4, -0.2) is 47.9 Å². The van der Waals surface area contributed by atoms with Gasteiger partial charge in [0.25, 0.3) is 8.32 Å². The number of allylic oxidation sites excluding steroid dienone is 1. The molecular formula is C38H43NO4Si. The molecule has 1 atom stereocenters. The zero-order chi connectivity index (χ0) is 31.6. The van der Waals surface area contributed by atoms with E-state index in [2.05, 4.69) is 80.9 Å². The van der Waals surface area contributed by atoms with Crippen molar-refractivity contribution in [2.24, 2.45) is 0 Å². The molecule has 1 heterocycles. The van der Waals surface area contributed by atoms with E-state index in [0.717, 1.165) is 16.8 Å². The molecule has 0 radical (unpaired) electrons. The standard InChI is InChI=1S/C38H43NO4Si/c1-29(28-43-44(38(2,3)4,33-13-7-5-8-14-33)34-15-9-6-10-16-34)35(24-26-40)37(42)23-20-31(36-17-11-12-25-39-36)27-30-18-21-32(41)22-19-30/h5-19,21-22,24-25,27,37,40-42H,1,20,23,26,28H2,2-4H3/b31-27-,35-24-. The number of rotatable bonds is 13. The Balaban J connectivity index is 1.58. The van der Waals surface area contributed by atoms with E-state index in [9.17, 15) is 15.3 Å². The summed E-state index contributed by atoms with van der Waals surface area (Å²) in [6, 6.07) is 33.5. The minimum atomic E-state index is -2.81. The summed E-state index contributed by atoms with van der Waals surface area (Å²) < 4.78 is 7.05. The van der Waals surface area contributed by atoms with Crippen LogP contribution in [0.15, 0.2) is 133 Å². The van der Waals surface area contributed by atoms with Crippen LogP contribution in [-0.2, 0) is 4.43 Å². The molecule has 3 N–H and O–H groups in total. The van der Waals surface area contributed by atoms with Gasteiger partial charge in [-0.15, -0.1) is 0 Å².